The lowest BCUT2D eigenvalue weighted by Gasteiger charge is -2.09. The van der Waals surface area contributed by atoms with Crippen LogP contribution in [0.15, 0.2) is 33.7 Å². The SMILES string of the molecule is COCc1nc(CNC(=O)Nc2cccc(SC(F)(F)F)c2)no1. The van der Waals surface area contributed by atoms with Gasteiger partial charge in [-0.2, -0.15) is 18.2 Å². The van der Waals surface area contributed by atoms with Gasteiger partial charge in [-0.15, -0.1) is 0 Å². The first-order chi connectivity index (χ1) is 11.4. The number of hydrogen-bond acceptors (Lipinski definition) is 6. The third-order valence-corrected chi connectivity index (χ3v) is 3.23. The Bertz CT molecular complexity index is 693. The maximum atomic E-state index is 12.3. The van der Waals surface area contributed by atoms with Crippen molar-refractivity contribution in [3.8, 4) is 0 Å². The molecule has 0 bridgehead atoms. The van der Waals surface area contributed by atoms with E-state index in [1.54, 1.807) is 0 Å². The van der Waals surface area contributed by atoms with Gasteiger partial charge >= 0.3 is 11.5 Å². The molecule has 130 valence electrons. The van der Waals surface area contributed by atoms with E-state index in [2.05, 4.69) is 20.8 Å². The van der Waals surface area contributed by atoms with E-state index in [1.165, 1.54) is 31.4 Å². The second kappa shape index (κ2) is 8.02. The molecule has 0 aliphatic rings. The maximum Gasteiger partial charge on any atom is 0.446 e. The van der Waals surface area contributed by atoms with E-state index in [9.17, 15) is 18.0 Å². The first-order valence-electron chi connectivity index (χ1n) is 6.57. The topological polar surface area (TPSA) is 89.3 Å². The predicted octanol–water partition coefficient (Wildman–Crippen LogP) is 3.15. The van der Waals surface area contributed by atoms with Gasteiger partial charge in [0.15, 0.2) is 5.82 Å². The van der Waals surface area contributed by atoms with Crippen LogP contribution in [0.1, 0.15) is 11.7 Å². The Labute approximate surface area is 138 Å². The van der Waals surface area contributed by atoms with Crippen LogP contribution in [0.25, 0.3) is 0 Å². The predicted molar refractivity (Wildman–Crippen MR) is 79.2 cm³/mol. The van der Waals surface area contributed by atoms with E-state index in [1.807, 2.05) is 0 Å². The fourth-order valence-corrected chi connectivity index (χ4v) is 2.25. The van der Waals surface area contributed by atoms with Crippen molar-refractivity contribution in [1.29, 1.82) is 0 Å². The number of ether oxygens (including phenoxy) is 1. The molecule has 11 heteroatoms. The summed E-state index contributed by atoms with van der Waals surface area (Å²) in [5.41, 5.74) is -4.16. The number of nitrogens with zero attached hydrogens (tertiary/aromatic N) is 2. The Morgan fingerprint density at radius 1 is 1.42 bits per heavy atom. The van der Waals surface area contributed by atoms with Crippen LogP contribution in [-0.4, -0.2) is 28.8 Å². The van der Waals surface area contributed by atoms with Gasteiger partial charge in [0.1, 0.15) is 6.61 Å². The molecule has 0 fully saturated rings. The molecule has 7 nitrogen and oxygen atoms in total. The molecule has 1 aromatic heterocycles. The van der Waals surface area contributed by atoms with E-state index in [4.69, 9.17) is 9.26 Å². The molecule has 0 atom stereocenters. The zero-order chi connectivity index (χ0) is 17.6. The largest absolute Gasteiger partial charge is 0.446 e. The van der Waals surface area contributed by atoms with E-state index in [0.717, 1.165) is 0 Å². The average Bonchev–Trinajstić information content (AvgIpc) is 2.92. The minimum atomic E-state index is -4.39. The molecule has 2 amide bonds. The molecular formula is C13H13F3N4O3S. The highest BCUT2D eigenvalue weighted by molar-refractivity contribution is 8.00. The number of urea groups is 1. The Morgan fingerprint density at radius 3 is 2.92 bits per heavy atom. The van der Waals surface area contributed by atoms with Crippen molar-refractivity contribution in [2.75, 3.05) is 12.4 Å². The minimum absolute atomic E-state index is 0.00393. The average molecular weight is 362 g/mol. The molecule has 24 heavy (non-hydrogen) atoms. The van der Waals surface area contributed by atoms with E-state index in [0.29, 0.717) is 0 Å². The highest BCUT2D eigenvalue weighted by Gasteiger charge is 2.29. The van der Waals surface area contributed by atoms with Crippen LogP contribution >= 0.6 is 11.8 Å². The summed E-state index contributed by atoms with van der Waals surface area (Å²) in [5.74, 6) is 0.519. The van der Waals surface area contributed by atoms with Crippen LogP contribution in [0.2, 0.25) is 0 Å². The van der Waals surface area contributed by atoms with Gasteiger partial charge in [0.2, 0.25) is 0 Å². The van der Waals surface area contributed by atoms with Gasteiger partial charge in [0.05, 0.1) is 6.54 Å². The third-order valence-electron chi connectivity index (χ3n) is 2.51. The fourth-order valence-electron chi connectivity index (χ4n) is 1.65. The summed E-state index contributed by atoms with van der Waals surface area (Å²) in [6.45, 7) is 0.152. The third kappa shape index (κ3) is 6.08. The highest BCUT2D eigenvalue weighted by Crippen LogP contribution is 2.37. The summed E-state index contributed by atoms with van der Waals surface area (Å²) in [4.78, 5) is 15.7. The summed E-state index contributed by atoms with van der Waals surface area (Å²) in [6.07, 6.45) is 0. The molecule has 2 N–H and O–H groups in total. The number of halogens is 3. The Kier molecular flexibility index (Phi) is 6.04. The monoisotopic (exact) mass is 362 g/mol. The van der Waals surface area contributed by atoms with Gasteiger partial charge in [0.25, 0.3) is 5.89 Å². The number of benzene rings is 1. The highest BCUT2D eigenvalue weighted by atomic mass is 32.2. The molecule has 0 saturated heterocycles. The lowest BCUT2D eigenvalue weighted by molar-refractivity contribution is -0.0328. The molecule has 0 spiro atoms. The lowest BCUT2D eigenvalue weighted by atomic mass is 10.3. The second-order valence-corrected chi connectivity index (χ2v) is 5.56. The Balaban J connectivity index is 1.86. The Morgan fingerprint density at radius 2 is 2.21 bits per heavy atom. The number of aromatic nitrogens is 2. The molecule has 2 rings (SSSR count). The van der Waals surface area contributed by atoms with E-state index < -0.39 is 11.5 Å². The Hall–Kier alpha value is -2.27. The van der Waals surface area contributed by atoms with Crippen LogP contribution in [0.3, 0.4) is 0 Å². The quantitative estimate of drug-likeness (QED) is 0.768. The first-order valence-corrected chi connectivity index (χ1v) is 7.38. The number of carbonyl (C=O) groups excluding carboxylic acids is 1. The van der Waals surface area contributed by atoms with Crippen molar-refractivity contribution in [2.45, 2.75) is 23.6 Å². The van der Waals surface area contributed by atoms with Crippen LogP contribution in [0.4, 0.5) is 23.7 Å². The molecule has 0 aliphatic heterocycles. The molecule has 0 aliphatic carbocycles. The summed E-state index contributed by atoms with van der Waals surface area (Å²) < 4.78 is 46.7. The number of amides is 2. The van der Waals surface area contributed by atoms with Crippen molar-refractivity contribution >= 4 is 23.5 Å². The van der Waals surface area contributed by atoms with Crippen molar-refractivity contribution < 1.29 is 27.2 Å². The van der Waals surface area contributed by atoms with Crippen molar-refractivity contribution in [3.05, 3.63) is 36.0 Å². The normalized spacial score (nSPS) is 11.3. The number of rotatable bonds is 6. The lowest BCUT2D eigenvalue weighted by Crippen LogP contribution is -2.28. The van der Waals surface area contributed by atoms with Gasteiger partial charge < -0.3 is 19.9 Å². The second-order valence-electron chi connectivity index (χ2n) is 4.42. The van der Waals surface area contributed by atoms with Gasteiger partial charge in [0, 0.05) is 17.7 Å². The molecule has 1 aromatic carbocycles. The van der Waals surface area contributed by atoms with Crippen LogP contribution in [-0.2, 0) is 17.9 Å². The van der Waals surface area contributed by atoms with Crippen LogP contribution in [0.5, 0.6) is 0 Å². The van der Waals surface area contributed by atoms with E-state index in [-0.39, 0.29) is 47.2 Å². The van der Waals surface area contributed by atoms with Crippen molar-refractivity contribution in [1.82, 2.24) is 15.5 Å². The standard InChI is InChI=1S/C13H13F3N4O3S/c1-22-7-11-19-10(20-23-11)6-17-12(21)18-8-3-2-4-9(5-8)24-13(14,15)16/h2-5H,6-7H2,1H3,(H2,17,18,21). The molecule has 0 saturated carbocycles. The van der Waals surface area contributed by atoms with Gasteiger partial charge in [-0.25, -0.2) is 4.79 Å². The summed E-state index contributed by atoms with van der Waals surface area (Å²) >= 11 is -0.256. The minimum Gasteiger partial charge on any atom is -0.375 e. The number of nitrogens with one attached hydrogen (secondary N) is 2. The maximum absolute atomic E-state index is 12.3. The zero-order valence-electron chi connectivity index (χ0n) is 12.4. The molecular weight excluding hydrogens is 349 g/mol. The van der Waals surface area contributed by atoms with E-state index >= 15 is 0 Å². The van der Waals surface area contributed by atoms with Gasteiger partial charge in [-0.05, 0) is 30.0 Å². The fraction of sp³-hybridized carbons (Fsp3) is 0.308. The van der Waals surface area contributed by atoms with Gasteiger partial charge in [-0.3, -0.25) is 0 Å². The molecule has 0 radical (unpaired) electrons. The van der Waals surface area contributed by atoms with Gasteiger partial charge in [-0.1, -0.05) is 11.2 Å². The number of carbonyl (C=O) groups is 1. The number of anilines is 1. The molecule has 0 unspecified atom stereocenters. The molecule has 2 aromatic rings. The van der Waals surface area contributed by atoms with Crippen molar-refractivity contribution in [3.63, 3.8) is 0 Å². The zero-order valence-corrected chi connectivity index (χ0v) is 13.2. The summed E-state index contributed by atoms with van der Waals surface area (Å²) in [6, 6.07) is 4.81. The van der Waals surface area contributed by atoms with Crippen LogP contribution in [0, 0.1) is 0 Å². The van der Waals surface area contributed by atoms with Crippen LogP contribution < -0.4 is 10.6 Å². The number of thioether (sulfide) groups is 1. The smallest absolute Gasteiger partial charge is 0.375 e. The summed E-state index contributed by atoms with van der Waals surface area (Å²) in [5, 5.41) is 8.53. The number of alkyl halides is 3. The number of hydrogen-bond donors (Lipinski definition) is 2. The number of methoxy groups -OCH3 is 1. The molecule has 1 heterocycles. The van der Waals surface area contributed by atoms with Crippen molar-refractivity contribution in [2.24, 2.45) is 0 Å². The summed E-state index contributed by atoms with van der Waals surface area (Å²) in [7, 11) is 1.47. The first kappa shape index (κ1) is 18.1.